The van der Waals surface area contributed by atoms with Gasteiger partial charge in [-0.25, -0.2) is 4.68 Å². The van der Waals surface area contributed by atoms with E-state index in [1.165, 1.54) is 0 Å². The molecule has 0 aliphatic rings. The Bertz CT molecular complexity index is 1280. The molecule has 0 saturated carbocycles. The standard InChI is InChI=1S/C24H20ClN5O2/c1-15-7-13-19(14-8-15)30-16(2)22(28-29-30)24(32)27-21-6-4-3-5-20(21)26-23(31)17-9-11-18(25)12-10-17/h3-14H,1-2H3,(H,26,31)(H,27,32). The summed E-state index contributed by atoms with van der Waals surface area (Å²) in [7, 11) is 0. The first-order chi connectivity index (χ1) is 15.4. The van der Waals surface area contributed by atoms with Crippen LogP contribution in [-0.2, 0) is 0 Å². The fourth-order valence-corrected chi connectivity index (χ4v) is 3.27. The molecule has 2 amide bonds. The highest BCUT2D eigenvalue weighted by molar-refractivity contribution is 6.30. The van der Waals surface area contributed by atoms with Crippen molar-refractivity contribution >= 4 is 34.8 Å². The zero-order chi connectivity index (χ0) is 22.7. The number of hydrogen-bond acceptors (Lipinski definition) is 4. The first-order valence-electron chi connectivity index (χ1n) is 9.89. The summed E-state index contributed by atoms with van der Waals surface area (Å²) in [4.78, 5) is 25.5. The fourth-order valence-electron chi connectivity index (χ4n) is 3.15. The Labute approximate surface area is 190 Å². The summed E-state index contributed by atoms with van der Waals surface area (Å²) in [5.41, 5.74) is 4.11. The Hall–Kier alpha value is -3.97. The molecule has 0 unspecified atom stereocenters. The number of halogens is 1. The molecule has 32 heavy (non-hydrogen) atoms. The number of carbonyl (C=O) groups excluding carboxylic acids is 2. The van der Waals surface area contributed by atoms with Gasteiger partial charge in [-0.3, -0.25) is 9.59 Å². The van der Waals surface area contributed by atoms with Crippen LogP contribution in [0.4, 0.5) is 11.4 Å². The van der Waals surface area contributed by atoms with Crippen LogP contribution in [0.5, 0.6) is 0 Å². The predicted octanol–water partition coefficient (Wildman–Crippen LogP) is 5.04. The summed E-state index contributed by atoms with van der Waals surface area (Å²) >= 11 is 5.89. The molecule has 8 heteroatoms. The molecule has 0 spiro atoms. The topological polar surface area (TPSA) is 88.9 Å². The van der Waals surface area contributed by atoms with Crippen LogP contribution in [0, 0.1) is 13.8 Å². The highest BCUT2D eigenvalue weighted by Gasteiger charge is 2.19. The van der Waals surface area contributed by atoms with Gasteiger partial charge < -0.3 is 10.6 Å². The van der Waals surface area contributed by atoms with Crippen molar-refractivity contribution in [3.05, 3.63) is 100 Å². The van der Waals surface area contributed by atoms with Gasteiger partial charge in [0.05, 0.1) is 22.8 Å². The van der Waals surface area contributed by atoms with E-state index in [0.29, 0.717) is 27.7 Å². The Balaban J connectivity index is 1.54. The van der Waals surface area contributed by atoms with E-state index in [-0.39, 0.29) is 11.6 Å². The van der Waals surface area contributed by atoms with Crippen molar-refractivity contribution < 1.29 is 9.59 Å². The van der Waals surface area contributed by atoms with Crippen LogP contribution in [0.1, 0.15) is 32.1 Å². The van der Waals surface area contributed by atoms with Crippen LogP contribution in [0.3, 0.4) is 0 Å². The average Bonchev–Trinajstić information content (AvgIpc) is 3.17. The van der Waals surface area contributed by atoms with Gasteiger partial charge in [-0.15, -0.1) is 5.10 Å². The van der Waals surface area contributed by atoms with Gasteiger partial charge in [-0.05, 0) is 62.4 Å². The summed E-state index contributed by atoms with van der Waals surface area (Å²) in [5, 5.41) is 14.4. The third kappa shape index (κ3) is 4.53. The van der Waals surface area contributed by atoms with Crippen molar-refractivity contribution in [2.24, 2.45) is 0 Å². The van der Waals surface area contributed by atoms with Crippen molar-refractivity contribution in [2.75, 3.05) is 10.6 Å². The SMILES string of the molecule is Cc1ccc(-n2nnc(C(=O)Nc3ccccc3NC(=O)c3ccc(Cl)cc3)c2C)cc1. The maximum Gasteiger partial charge on any atom is 0.278 e. The predicted molar refractivity (Wildman–Crippen MR) is 125 cm³/mol. The van der Waals surface area contributed by atoms with Crippen molar-refractivity contribution in [2.45, 2.75) is 13.8 Å². The van der Waals surface area contributed by atoms with Crippen LogP contribution < -0.4 is 10.6 Å². The lowest BCUT2D eigenvalue weighted by atomic mass is 10.2. The van der Waals surface area contributed by atoms with Crippen LogP contribution in [0.2, 0.25) is 5.02 Å². The second-order valence-electron chi connectivity index (χ2n) is 7.23. The lowest BCUT2D eigenvalue weighted by Gasteiger charge is -2.12. The number of para-hydroxylation sites is 2. The van der Waals surface area contributed by atoms with Crippen LogP contribution >= 0.6 is 11.6 Å². The number of nitrogens with one attached hydrogen (secondary N) is 2. The second kappa shape index (κ2) is 9.03. The van der Waals surface area contributed by atoms with E-state index >= 15 is 0 Å². The van der Waals surface area contributed by atoms with E-state index in [1.807, 2.05) is 31.2 Å². The highest BCUT2D eigenvalue weighted by atomic mass is 35.5. The molecule has 0 aliphatic carbocycles. The van der Waals surface area contributed by atoms with Gasteiger partial charge in [0.1, 0.15) is 0 Å². The molecule has 1 aromatic heterocycles. The maximum absolute atomic E-state index is 12.9. The number of nitrogens with zero attached hydrogens (tertiary/aromatic N) is 3. The van der Waals surface area contributed by atoms with E-state index < -0.39 is 5.91 Å². The third-order valence-corrected chi connectivity index (χ3v) is 5.17. The summed E-state index contributed by atoms with van der Waals surface area (Å²) < 4.78 is 1.61. The van der Waals surface area contributed by atoms with Crippen molar-refractivity contribution in [1.82, 2.24) is 15.0 Å². The third-order valence-electron chi connectivity index (χ3n) is 4.92. The molecule has 4 rings (SSSR count). The number of benzene rings is 3. The molecule has 160 valence electrons. The normalized spacial score (nSPS) is 10.6. The minimum absolute atomic E-state index is 0.199. The zero-order valence-electron chi connectivity index (χ0n) is 17.5. The average molecular weight is 446 g/mol. The molecule has 0 fully saturated rings. The minimum atomic E-state index is -0.422. The Morgan fingerprint density at radius 3 is 2.03 bits per heavy atom. The molecule has 1 heterocycles. The van der Waals surface area contributed by atoms with Crippen molar-refractivity contribution in [1.29, 1.82) is 0 Å². The molecule has 0 saturated heterocycles. The molecule has 0 aliphatic heterocycles. The monoisotopic (exact) mass is 445 g/mol. The summed E-state index contributed by atoms with van der Waals surface area (Å²) in [6, 6.07) is 21.3. The van der Waals surface area contributed by atoms with Gasteiger partial charge in [0, 0.05) is 10.6 Å². The lowest BCUT2D eigenvalue weighted by molar-refractivity contribution is 0.101. The van der Waals surface area contributed by atoms with Crippen LogP contribution in [-0.4, -0.2) is 26.8 Å². The number of amides is 2. The van der Waals surface area contributed by atoms with Crippen LogP contribution in [0.25, 0.3) is 5.69 Å². The van der Waals surface area contributed by atoms with Gasteiger partial charge in [-0.1, -0.05) is 46.6 Å². The maximum atomic E-state index is 12.9. The number of carbonyl (C=O) groups is 2. The lowest BCUT2D eigenvalue weighted by Crippen LogP contribution is -2.17. The molecule has 0 radical (unpaired) electrons. The van der Waals surface area contributed by atoms with Crippen molar-refractivity contribution in [3.63, 3.8) is 0 Å². The number of rotatable bonds is 5. The zero-order valence-corrected chi connectivity index (χ0v) is 18.2. The van der Waals surface area contributed by atoms with Crippen molar-refractivity contribution in [3.8, 4) is 5.69 Å². The van der Waals surface area contributed by atoms with E-state index in [4.69, 9.17) is 11.6 Å². The molecule has 0 atom stereocenters. The molecule has 4 aromatic rings. The quantitative estimate of drug-likeness (QED) is 0.450. The van der Waals surface area contributed by atoms with E-state index in [2.05, 4.69) is 20.9 Å². The summed E-state index contributed by atoms with van der Waals surface area (Å²) in [6.07, 6.45) is 0. The Morgan fingerprint density at radius 2 is 1.41 bits per heavy atom. The molecule has 7 nitrogen and oxygen atoms in total. The number of aromatic nitrogens is 3. The Kier molecular flexibility index (Phi) is 6.00. The molecule has 0 bridgehead atoms. The second-order valence-corrected chi connectivity index (χ2v) is 7.67. The number of hydrogen-bond donors (Lipinski definition) is 2. The fraction of sp³-hybridized carbons (Fsp3) is 0.0833. The van der Waals surface area contributed by atoms with Crippen LogP contribution in [0.15, 0.2) is 72.8 Å². The molecular weight excluding hydrogens is 426 g/mol. The number of aryl methyl sites for hydroxylation is 1. The van der Waals surface area contributed by atoms with E-state index in [9.17, 15) is 9.59 Å². The van der Waals surface area contributed by atoms with Gasteiger partial charge in [0.2, 0.25) is 0 Å². The summed E-state index contributed by atoms with van der Waals surface area (Å²) in [5.74, 6) is -0.737. The van der Waals surface area contributed by atoms with Gasteiger partial charge in [-0.2, -0.15) is 0 Å². The first kappa shape index (κ1) is 21.3. The highest BCUT2D eigenvalue weighted by Crippen LogP contribution is 2.23. The largest absolute Gasteiger partial charge is 0.320 e. The van der Waals surface area contributed by atoms with Gasteiger partial charge in [0.25, 0.3) is 11.8 Å². The first-order valence-corrected chi connectivity index (χ1v) is 10.3. The van der Waals surface area contributed by atoms with E-state index in [1.54, 1.807) is 60.1 Å². The molecular formula is C24H20ClN5O2. The summed E-state index contributed by atoms with van der Waals surface area (Å²) in [6.45, 7) is 3.78. The molecule has 2 N–H and O–H groups in total. The molecule has 3 aromatic carbocycles. The smallest absolute Gasteiger partial charge is 0.278 e. The Morgan fingerprint density at radius 1 is 0.812 bits per heavy atom. The van der Waals surface area contributed by atoms with Gasteiger partial charge in [0.15, 0.2) is 5.69 Å². The van der Waals surface area contributed by atoms with E-state index in [0.717, 1.165) is 11.3 Å². The number of anilines is 2. The minimum Gasteiger partial charge on any atom is -0.320 e. The van der Waals surface area contributed by atoms with Gasteiger partial charge >= 0.3 is 0 Å².